The lowest BCUT2D eigenvalue weighted by atomic mass is 9.89. The van der Waals surface area contributed by atoms with Gasteiger partial charge in [0.2, 0.25) is 5.91 Å². The van der Waals surface area contributed by atoms with E-state index in [1.54, 1.807) is 0 Å². The molecule has 0 bridgehead atoms. The van der Waals surface area contributed by atoms with E-state index in [0.29, 0.717) is 13.1 Å². The second-order valence-electron chi connectivity index (χ2n) is 6.22. The van der Waals surface area contributed by atoms with Crippen LogP contribution in [0.4, 0.5) is 0 Å². The lowest BCUT2D eigenvalue weighted by Crippen LogP contribution is -2.49. The highest BCUT2D eigenvalue weighted by Gasteiger charge is 2.53. The van der Waals surface area contributed by atoms with Crippen molar-refractivity contribution in [3.63, 3.8) is 0 Å². The Kier molecular flexibility index (Phi) is 3.55. The molecule has 1 aromatic rings. The molecule has 1 heterocycles. The van der Waals surface area contributed by atoms with Gasteiger partial charge < -0.3 is 10.0 Å². The van der Waals surface area contributed by atoms with Crippen LogP contribution in [-0.4, -0.2) is 35.1 Å². The van der Waals surface area contributed by atoms with Crippen LogP contribution >= 0.6 is 0 Å². The summed E-state index contributed by atoms with van der Waals surface area (Å²) in [6.07, 6.45) is 3.34. The molecule has 1 amide bonds. The monoisotopic (exact) mass is 273 g/mol. The van der Waals surface area contributed by atoms with Crippen molar-refractivity contribution in [2.75, 3.05) is 13.1 Å². The molecule has 108 valence electrons. The minimum Gasteiger partial charge on any atom is -0.393 e. The van der Waals surface area contributed by atoms with Gasteiger partial charge in [-0.2, -0.15) is 0 Å². The van der Waals surface area contributed by atoms with E-state index >= 15 is 0 Å². The molecule has 1 aromatic carbocycles. The molecule has 2 fully saturated rings. The van der Waals surface area contributed by atoms with Crippen molar-refractivity contribution in [3.05, 3.63) is 35.9 Å². The summed E-state index contributed by atoms with van der Waals surface area (Å²) in [6, 6.07) is 10.2. The molecule has 2 unspecified atom stereocenters. The maximum Gasteiger partial charge on any atom is 0.233 e. The Morgan fingerprint density at radius 2 is 2.05 bits per heavy atom. The van der Waals surface area contributed by atoms with Gasteiger partial charge in [-0.15, -0.1) is 0 Å². The van der Waals surface area contributed by atoms with Crippen LogP contribution < -0.4 is 0 Å². The zero-order valence-corrected chi connectivity index (χ0v) is 12.1. The summed E-state index contributed by atoms with van der Waals surface area (Å²) in [5.41, 5.74) is 0.895. The number of aliphatic hydroxyl groups excluding tert-OH is 1. The number of likely N-dealkylation sites (tertiary alicyclic amines) is 1. The van der Waals surface area contributed by atoms with Gasteiger partial charge in [0.1, 0.15) is 0 Å². The molecule has 1 saturated carbocycles. The number of amides is 1. The maximum atomic E-state index is 12.9. The highest BCUT2D eigenvalue weighted by Crippen LogP contribution is 2.50. The summed E-state index contributed by atoms with van der Waals surface area (Å²) >= 11 is 0. The summed E-state index contributed by atoms with van der Waals surface area (Å²) in [4.78, 5) is 14.9. The van der Waals surface area contributed by atoms with Crippen LogP contribution in [0.1, 0.15) is 38.2 Å². The van der Waals surface area contributed by atoms with Crippen LogP contribution in [0.25, 0.3) is 0 Å². The highest BCUT2D eigenvalue weighted by molar-refractivity contribution is 5.91. The number of benzene rings is 1. The Morgan fingerprint density at radius 1 is 1.35 bits per heavy atom. The first kappa shape index (κ1) is 13.6. The van der Waals surface area contributed by atoms with E-state index in [9.17, 15) is 9.90 Å². The van der Waals surface area contributed by atoms with Crippen LogP contribution in [0.15, 0.2) is 30.3 Å². The van der Waals surface area contributed by atoms with E-state index in [2.05, 4.69) is 19.1 Å². The minimum atomic E-state index is -0.262. The number of aliphatic hydroxyl groups is 1. The number of nitrogens with zero attached hydrogens (tertiary/aromatic N) is 1. The standard InChI is InChI=1S/C17H23NO2/c1-2-13-12-18(11-8-15(13)19)16(20)17(9-10-17)14-6-4-3-5-7-14/h3-7,13,15,19H,2,8-12H2,1H3. The van der Waals surface area contributed by atoms with Crippen LogP contribution in [0.3, 0.4) is 0 Å². The first-order chi connectivity index (χ1) is 9.67. The van der Waals surface area contributed by atoms with Crippen molar-refractivity contribution < 1.29 is 9.90 Å². The number of hydrogen-bond donors (Lipinski definition) is 1. The lowest BCUT2D eigenvalue weighted by molar-refractivity contribution is -0.137. The molecule has 20 heavy (non-hydrogen) atoms. The Hall–Kier alpha value is -1.35. The zero-order chi connectivity index (χ0) is 14.2. The van der Waals surface area contributed by atoms with Gasteiger partial charge in [0, 0.05) is 19.0 Å². The van der Waals surface area contributed by atoms with Crippen molar-refractivity contribution >= 4 is 5.91 Å². The fraction of sp³-hybridized carbons (Fsp3) is 0.588. The van der Waals surface area contributed by atoms with Gasteiger partial charge in [-0.25, -0.2) is 0 Å². The van der Waals surface area contributed by atoms with Crippen LogP contribution in [0.2, 0.25) is 0 Å². The van der Waals surface area contributed by atoms with Crippen molar-refractivity contribution in [1.82, 2.24) is 4.90 Å². The molecule has 1 saturated heterocycles. The summed E-state index contributed by atoms with van der Waals surface area (Å²) < 4.78 is 0. The van der Waals surface area contributed by atoms with Crippen LogP contribution in [0, 0.1) is 5.92 Å². The summed E-state index contributed by atoms with van der Waals surface area (Å²) in [6.45, 7) is 3.50. The number of carbonyl (C=O) groups excluding carboxylic acids is 1. The number of piperidine rings is 1. The van der Waals surface area contributed by atoms with Gasteiger partial charge in [-0.05, 0) is 31.2 Å². The third kappa shape index (κ3) is 2.24. The summed E-state index contributed by atoms with van der Waals surface area (Å²) in [5.74, 6) is 0.508. The molecule has 0 radical (unpaired) electrons. The molecule has 2 aliphatic rings. The Bertz CT molecular complexity index is 481. The molecule has 1 N–H and O–H groups in total. The van der Waals surface area contributed by atoms with Crippen LogP contribution in [-0.2, 0) is 10.2 Å². The number of hydrogen-bond acceptors (Lipinski definition) is 2. The predicted octanol–water partition coefficient (Wildman–Crippen LogP) is 2.34. The lowest BCUT2D eigenvalue weighted by Gasteiger charge is -2.37. The third-order valence-corrected chi connectivity index (χ3v) is 4.99. The number of carbonyl (C=O) groups is 1. The normalized spacial score (nSPS) is 28.2. The molecular formula is C17H23NO2. The van der Waals surface area contributed by atoms with E-state index < -0.39 is 0 Å². The molecular weight excluding hydrogens is 250 g/mol. The van der Waals surface area contributed by atoms with Crippen molar-refractivity contribution in [1.29, 1.82) is 0 Å². The van der Waals surface area contributed by atoms with E-state index in [4.69, 9.17) is 0 Å². The Morgan fingerprint density at radius 3 is 2.65 bits per heavy atom. The van der Waals surface area contributed by atoms with Gasteiger partial charge in [0.25, 0.3) is 0 Å². The van der Waals surface area contributed by atoms with Crippen molar-refractivity contribution in [3.8, 4) is 0 Å². The molecule has 3 rings (SSSR count). The fourth-order valence-electron chi connectivity index (χ4n) is 3.42. The van der Waals surface area contributed by atoms with Crippen LogP contribution in [0.5, 0.6) is 0 Å². The second kappa shape index (κ2) is 5.21. The quantitative estimate of drug-likeness (QED) is 0.918. The van der Waals surface area contributed by atoms with Gasteiger partial charge in [0.05, 0.1) is 11.5 Å². The average molecular weight is 273 g/mol. The van der Waals surface area contributed by atoms with Gasteiger partial charge in [-0.1, -0.05) is 37.3 Å². The van der Waals surface area contributed by atoms with Crippen molar-refractivity contribution in [2.45, 2.75) is 44.1 Å². The van der Waals surface area contributed by atoms with E-state index in [1.807, 2.05) is 23.1 Å². The minimum absolute atomic E-state index is 0.235. The zero-order valence-electron chi connectivity index (χ0n) is 12.1. The van der Waals surface area contributed by atoms with Gasteiger partial charge >= 0.3 is 0 Å². The maximum absolute atomic E-state index is 12.9. The average Bonchev–Trinajstić information content (AvgIpc) is 3.30. The third-order valence-electron chi connectivity index (χ3n) is 4.99. The molecule has 1 aliphatic heterocycles. The Labute approximate surface area is 120 Å². The predicted molar refractivity (Wildman–Crippen MR) is 78.3 cm³/mol. The topological polar surface area (TPSA) is 40.5 Å². The second-order valence-corrected chi connectivity index (χ2v) is 6.22. The molecule has 3 heteroatoms. The van der Waals surface area contributed by atoms with E-state index in [-0.39, 0.29) is 23.3 Å². The molecule has 1 aliphatic carbocycles. The fourth-order valence-corrected chi connectivity index (χ4v) is 3.42. The highest BCUT2D eigenvalue weighted by atomic mass is 16.3. The summed E-state index contributed by atoms with van der Waals surface area (Å²) in [5, 5.41) is 9.97. The summed E-state index contributed by atoms with van der Waals surface area (Å²) in [7, 11) is 0. The smallest absolute Gasteiger partial charge is 0.233 e. The van der Waals surface area contributed by atoms with E-state index in [0.717, 1.165) is 31.2 Å². The largest absolute Gasteiger partial charge is 0.393 e. The van der Waals surface area contributed by atoms with E-state index in [1.165, 1.54) is 0 Å². The van der Waals surface area contributed by atoms with Crippen molar-refractivity contribution in [2.24, 2.45) is 5.92 Å². The number of rotatable bonds is 3. The molecule has 0 spiro atoms. The Balaban J connectivity index is 1.76. The first-order valence-corrected chi connectivity index (χ1v) is 7.70. The van der Waals surface area contributed by atoms with Gasteiger partial charge in [-0.3, -0.25) is 4.79 Å². The van der Waals surface area contributed by atoms with Gasteiger partial charge in [0.15, 0.2) is 0 Å². The first-order valence-electron chi connectivity index (χ1n) is 7.70. The SMILES string of the molecule is CCC1CN(C(=O)C2(c3ccccc3)CC2)CCC1O. The molecule has 0 aromatic heterocycles. The molecule has 2 atom stereocenters. The molecule has 3 nitrogen and oxygen atoms in total.